The topological polar surface area (TPSA) is 87.7 Å². The number of azide groups is 1. The molecule has 0 saturated carbocycles. The number of nitrogens with zero attached hydrogens (tertiary/aromatic N) is 5. The van der Waals surface area contributed by atoms with Gasteiger partial charge in [0.15, 0.2) is 0 Å². The number of aromatic nitrogens is 2. The van der Waals surface area contributed by atoms with E-state index in [1.165, 1.54) is 0 Å². The van der Waals surface area contributed by atoms with Crippen LogP contribution < -0.4 is 0 Å². The summed E-state index contributed by atoms with van der Waals surface area (Å²) in [6.45, 7) is 0. The van der Waals surface area contributed by atoms with E-state index in [0.717, 1.165) is 10.0 Å². The van der Waals surface area contributed by atoms with Crippen LogP contribution in [0.4, 0.5) is 6.01 Å². The van der Waals surface area contributed by atoms with E-state index >= 15 is 0 Å². The largest absolute Gasteiger partial charge is 0.415 e. The van der Waals surface area contributed by atoms with Gasteiger partial charge >= 0.3 is 6.01 Å². The minimum atomic E-state index is -0.0876. The third-order valence-corrected chi connectivity index (χ3v) is 2.16. The van der Waals surface area contributed by atoms with Gasteiger partial charge in [-0.3, -0.25) is 0 Å². The number of hydrogen-bond donors (Lipinski definition) is 0. The molecule has 0 bridgehead atoms. The van der Waals surface area contributed by atoms with E-state index in [9.17, 15) is 0 Å². The molecular formula is C8H4BrN5O. The Morgan fingerprint density at radius 1 is 1.27 bits per heavy atom. The van der Waals surface area contributed by atoms with Gasteiger partial charge in [0.2, 0.25) is 5.89 Å². The third kappa shape index (κ3) is 2.15. The Morgan fingerprint density at radius 3 is 2.67 bits per heavy atom. The van der Waals surface area contributed by atoms with Crippen LogP contribution in [0.1, 0.15) is 0 Å². The average Bonchev–Trinajstić information content (AvgIpc) is 2.68. The summed E-state index contributed by atoms with van der Waals surface area (Å²) < 4.78 is 6.05. The molecule has 2 rings (SSSR count). The van der Waals surface area contributed by atoms with Gasteiger partial charge in [0, 0.05) is 20.1 Å². The van der Waals surface area contributed by atoms with Gasteiger partial charge in [0.1, 0.15) is 0 Å². The average molecular weight is 266 g/mol. The Morgan fingerprint density at radius 2 is 2.00 bits per heavy atom. The smallest absolute Gasteiger partial charge is 0.304 e. The fourth-order valence-electron chi connectivity index (χ4n) is 1.00. The highest BCUT2D eigenvalue weighted by Gasteiger charge is 2.06. The number of rotatable bonds is 2. The molecule has 0 atom stereocenters. The van der Waals surface area contributed by atoms with Crippen LogP contribution in [-0.2, 0) is 0 Å². The van der Waals surface area contributed by atoms with E-state index in [-0.39, 0.29) is 6.01 Å². The van der Waals surface area contributed by atoms with Gasteiger partial charge in [0.05, 0.1) is 0 Å². The Balaban J connectivity index is 2.37. The van der Waals surface area contributed by atoms with Crippen molar-refractivity contribution in [1.82, 2.24) is 10.2 Å². The van der Waals surface area contributed by atoms with Gasteiger partial charge < -0.3 is 4.42 Å². The van der Waals surface area contributed by atoms with Crippen LogP contribution in [0.25, 0.3) is 21.9 Å². The summed E-state index contributed by atoms with van der Waals surface area (Å²) in [5, 5.41) is 10.5. The van der Waals surface area contributed by atoms with E-state index in [2.05, 4.69) is 36.2 Å². The van der Waals surface area contributed by atoms with Crippen molar-refractivity contribution >= 4 is 21.9 Å². The SMILES string of the molecule is [N-]=[N+]=Nc1nnc(-c2ccc(Br)cc2)o1. The second-order valence-electron chi connectivity index (χ2n) is 2.59. The first-order chi connectivity index (χ1) is 7.29. The van der Waals surface area contributed by atoms with Crippen LogP contribution in [0.3, 0.4) is 0 Å². The van der Waals surface area contributed by atoms with Gasteiger partial charge in [0.25, 0.3) is 0 Å². The number of halogens is 1. The van der Waals surface area contributed by atoms with Crippen LogP contribution in [0.2, 0.25) is 0 Å². The quantitative estimate of drug-likeness (QED) is 0.473. The molecule has 0 amide bonds. The predicted octanol–water partition coefficient (Wildman–Crippen LogP) is 3.44. The minimum absolute atomic E-state index is 0.0876. The molecule has 1 heterocycles. The molecule has 0 aliphatic heterocycles. The van der Waals surface area contributed by atoms with Crippen LogP contribution in [0.15, 0.2) is 38.3 Å². The molecule has 0 N–H and O–H groups in total. The molecule has 0 aliphatic carbocycles. The standard InChI is InChI=1S/C8H4BrN5O/c9-6-3-1-5(2-4-6)7-11-12-8(15-7)13-14-10/h1-4H. The van der Waals surface area contributed by atoms with Crippen molar-refractivity contribution in [2.75, 3.05) is 0 Å². The molecule has 1 aromatic heterocycles. The molecule has 74 valence electrons. The van der Waals surface area contributed by atoms with E-state index in [1.54, 1.807) is 0 Å². The van der Waals surface area contributed by atoms with Crippen molar-refractivity contribution < 1.29 is 4.42 Å². The van der Waals surface area contributed by atoms with Crippen LogP contribution in [-0.4, -0.2) is 10.2 Å². The summed E-state index contributed by atoms with van der Waals surface area (Å²) in [5.41, 5.74) is 8.93. The summed E-state index contributed by atoms with van der Waals surface area (Å²) >= 11 is 3.31. The molecule has 2 aromatic rings. The van der Waals surface area contributed by atoms with Crippen molar-refractivity contribution in [3.8, 4) is 11.5 Å². The first-order valence-corrected chi connectivity index (χ1v) is 4.73. The minimum Gasteiger partial charge on any atom is -0.415 e. The summed E-state index contributed by atoms with van der Waals surface area (Å²) in [6.07, 6.45) is 0. The van der Waals surface area contributed by atoms with Crippen LogP contribution in [0, 0.1) is 0 Å². The molecule has 0 fully saturated rings. The molecule has 7 heteroatoms. The van der Waals surface area contributed by atoms with Crippen molar-refractivity contribution in [2.45, 2.75) is 0 Å². The summed E-state index contributed by atoms with van der Waals surface area (Å²) in [5.74, 6) is 0.324. The lowest BCUT2D eigenvalue weighted by atomic mass is 10.2. The van der Waals surface area contributed by atoms with E-state index in [0.29, 0.717) is 5.89 Å². The lowest BCUT2D eigenvalue weighted by molar-refractivity contribution is 0.578. The molecule has 0 spiro atoms. The van der Waals surface area contributed by atoms with Crippen LogP contribution >= 0.6 is 15.9 Å². The second kappa shape index (κ2) is 4.12. The number of benzene rings is 1. The van der Waals surface area contributed by atoms with Gasteiger partial charge in [-0.25, -0.2) is 0 Å². The fourth-order valence-corrected chi connectivity index (χ4v) is 1.27. The molecule has 0 saturated heterocycles. The molecule has 15 heavy (non-hydrogen) atoms. The fraction of sp³-hybridized carbons (Fsp3) is 0. The lowest BCUT2D eigenvalue weighted by Gasteiger charge is -1.93. The maximum Gasteiger partial charge on any atom is 0.304 e. The highest BCUT2D eigenvalue weighted by Crippen LogP contribution is 2.22. The maximum absolute atomic E-state index is 8.16. The number of hydrogen-bond acceptors (Lipinski definition) is 4. The summed E-state index contributed by atoms with van der Waals surface area (Å²) in [7, 11) is 0. The maximum atomic E-state index is 8.16. The molecule has 1 aromatic carbocycles. The highest BCUT2D eigenvalue weighted by molar-refractivity contribution is 9.10. The Bertz CT molecular complexity index is 514. The van der Waals surface area contributed by atoms with Gasteiger partial charge in [-0.05, 0) is 29.8 Å². The van der Waals surface area contributed by atoms with Crippen molar-refractivity contribution in [1.29, 1.82) is 0 Å². The first-order valence-electron chi connectivity index (χ1n) is 3.94. The highest BCUT2D eigenvalue weighted by atomic mass is 79.9. The normalized spacial score (nSPS) is 9.67. The van der Waals surface area contributed by atoms with Crippen LogP contribution in [0.5, 0.6) is 0 Å². The zero-order valence-corrected chi connectivity index (χ0v) is 8.92. The van der Waals surface area contributed by atoms with Gasteiger partial charge in [-0.1, -0.05) is 15.9 Å². The van der Waals surface area contributed by atoms with Gasteiger partial charge in [-0.2, -0.15) is 0 Å². The van der Waals surface area contributed by atoms with Crippen molar-refractivity contribution in [3.05, 3.63) is 39.2 Å². The monoisotopic (exact) mass is 265 g/mol. The Hall–Kier alpha value is -1.85. The lowest BCUT2D eigenvalue weighted by Crippen LogP contribution is -1.76. The summed E-state index contributed by atoms with van der Waals surface area (Å²) in [6, 6.07) is 7.25. The zero-order valence-electron chi connectivity index (χ0n) is 7.33. The van der Waals surface area contributed by atoms with Crippen molar-refractivity contribution in [2.24, 2.45) is 5.11 Å². The molecular weight excluding hydrogens is 262 g/mol. The van der Waals surface area contributed by atoms with Crippen molar-refractivity contribution in [3.63, 3.8) is 0 Å². The predicted molar refractivity (Wildman–Crippen MR) is 56.2 cm³/mol. The van der Waals surface area contributed by atoms with E-state index in [1.807, 2.05) is 24.3 Å². The van der Waals surface area contributed by atoms with E-state index in [4.69, 9.17) is 9.95 Å². The second-order valence-corrected chi connectivity index (χ2v) is 3.50. The molecule has 0 aliphatic rings. The van der Waals surface area contributed by atoms with Gasteiger partial charge in [-0.15, -0.1) is 10.2 Å². The Kier molecular flexibility index (Phi) is 2.66. The Labute approximate surface area is 92.7 Å². The zero-order chi connectivity index (χ0) is 10.7. The van der Waals surface area contributed by atoms with E-state index < -0.39 is 0 Å². The molecule has 0 unspecified atom stereocenters. The third-order valence-electron chi connectivity index (χ3n) is 1.64. The summed E-state index contributed by atoms with van der Waals surface area (Å²) in [4.78, 5) is 2.55. The molecule has 0 radical (unpaired) electrons. The molecule has 6 nitrogen and oxygen atoms in total. The first kappa shape index (κ1) is 9.70.